The first-order valence-electron chi connectivity index (χ1n) is 9.64. The molecule has 3 nitrogen and oxygen atoms in total. The molecule has 0 fully saturated rings. The van der Waals surface area contributed by atoms with Crippen LogP contribution in [0.15, 0.2) is 72.8 Å². The number of halogens is 4. The van der Waals surface area contributed by atoms with E-state index < -0.39 is 11.7 Å². The van der Waals surface area contributed by atoms with Crippen molar-refractivity contribution in [1.29, 1.82) is 0 Å². The van der Waals surface area contributed by atoms with Crippen LogP contribution in [-0.2, 0) is 12.7 Å². The van der Waals surface area contributed by atoms with Gasteiger partial charge in [-0.3, -0.25) is 4.79 Å². The molecule has 0 bridgehead atoms. The van der Waals surface area contributed by atoms with Crippen molar-refractivity contribution in [2.24, 2.45) is 0 Å². The van der Waals surface area contributed by atoms with E-state index in [2.05, 4.69) is 5.32 Å². The molecule has 0 unspecified atom stereocenters. The second-order valence-electron chi connectivity index (χ2n) is 7.06. The van der Waals surface area contributed by atoms with E-state index in [0.717, 1.165) is 28.7 Å². The van der Waals surface area contributed by atoms with Gasteiger partial charge in [0.1, 0.15) is 0 Å². The molecule has 0 aliphatic carbocycles. The van der Waals surface area contributed by atoms with Crippen LogP contribution in [0.25, 0.3) is 22.2 Å². The number of anilines is 1. The largest absolute Gasteiger partial charge is 0.416 e. The number of carbonyl (C=O) groups is 1. The molecule has 0 saturated heterocycles. The molecule has 1 aromatic heterocycles. The highest BCUT2D eigenvalue weighted by molar-refractivity contribution is 6.34. The van der Waals surface area contributed by atoms with Gasteiger partial charge in [0.15, 0.2) is 0 Å². The number of hydrogen-bond acceptors (Lipinski definition) is 1. The topological polar surface area (TPSA) is 34.0 Å². The lowest BCUT2D eigenvalue weighted by molar-refractivity contribution is -0.137. The Kier molecular flexibility index (Phi) is 5.50. The lowest BCUT2D eigenvalue weighted by atomic mass is 10.1. The van der Waals surface area contributed by atoms with Crippen LogP contribution >= 0.6 is 11.6 Å². The smallest absolute Gasteiger partial charge is 0.341 e. The van der Waals surface area contributed by atoms with Gasteiger partial charge in [0.25, 0.3) is 5.91 Å². The Morgan fingerprint density at radius 2 is 1.71 bits per heavy atom. The predicted octanol–water partition coefficient (Wildman–Crippen LogP) is 7.25. The number of amides is 1. The number of nitrogens with zero attached hydrogens (tertiary/aromatic N) is 1. The summed E-state index contributed by atoms with van der Waals surface area (Å²) in [6.07, 6.45) is -4.37. The predicted molar refractivity (Wildman–Crippen MR) is 117 cm³/mol. The molecule has 0 spiro atoms. The van der Waals surface area contributed by atoms with Crippen LogP contribution in [0.4, 0.5) is 18.9 Å². The van der Waals surface area contributed by atoms with Crippen molar-refractivity contribution in [1.82, 2.24) is 4.57 Å². The van der Waals surface area contributed by atoms with Gasteiger partial charge in [-0.05, 0) is 61.0 Å². The van der Waals surface area contributed by atoms with Gasteiger partial charge in [0, 0.05) is 28.8 Å². The monoisotopic (exact) mass is 442 g/mol. The first-order valence-corrected chi connectivity index (χ1v) is 10.0. The first-order chi connectivity index (χ1) is 14.8. The maximum Gasteiger partial charge on any atom is 0.416 e. The average Bonchev–Trinajstić information content (AvgIpc) is 3.11. The Bertz CT molecular complexity index is 1260. The molecule has 7 heteroatoms. The van der Waals surface area contributed by atoms with Crippen LogP contribution in [0.2, 0.25) is 5.02 Å². The highest BCUT2D eigenvalue weighted by Crippen LogP contribution is 2.34. The average molecular weight is 443 g/mol. The van der Waals surface area contributed by atoms with Crippen molar-refractivity contribution in [2.45, 2.75) is 19.6 Å². The van der Waals surface area contributed by atoms with Crippen molar-refractivity contribution in [3.8, 4) is 11.3 Å². The molecule has 1 amide bonds. The van der Waals surface area contributed by atoms with E-state index in [1.54, 1.807) is 30.3 Å². The molecule has 1 N–H and O–H groups in total. The zero-order valence-electron chi connectivity index (χ0n) is 16.5. The van der Waals surface area contributed by atoms with Crippen LogP contribution in [0, 0.1) is 0 Å². The van der Waals surface area contributed by atoms with E-state index in [0.29, 0.717) is 28.4 Å². The maximum atomic E-state index is 12.9. The van der Waals surface area contributed by atoms with Gasteiger partial charge >= 0.3 is 6.18 Å². The van der Waals surface area contributed by atoms with E-state index in [4.69, 9.17) is 11.6 Å². The SMILES string of the molecule is CCn1c(-c2ccc(C(F)(F)F)cc2)cc2cc(NC(=O)c3ccccc3Cl)ccc21. The summed E-state index contributed by atoms with van der Waals surface area (Å²) in [7, 11) is 0. The van der Waals surface area contributed by atoms with Crippen LogP contribution in [0.3, 0.4) is 0 Å². The molecule has 31 heavy (non-hydrogen) atoms. The maximum absolute atomic E-state index is 12.9. The van der Waals surface area contributed by atoms with Crippen molar-refractivity contribution >= 4 is 34.1 Å². The van der Waals surface area contributed by atoms with Gasteiger partial charge in [-0.25, -0.2) is 0 Å². The van der Waals surface area contributed by atoms with Crippen molar-refractivity contribution in [3.05, 3.63) is 88.9 Å². The first kappa shape index (κ1) is 21.0. The fourth-order valence-electron chi connectivity index (χ4n) is 3.60. The number of nitrogens with one attached hydrogen (secondary N) is 1. The molecule has 158 valence electrons. The van der Waals surface area contributed by atoms with E-state index in [-0.39, 0.29) is 5.91 Å². The molecule has 4 aromatic rings. The van der Waals surface area contributed by atoms with Crippen LogP contribution in [0.5, 0.6) is 0 Å². The number of alkyl halides is 3. The van der Waals surface area contributed by atoms with Crippen LogP contribution in [0.1, 0.15) is 22.8 Å². The molecular formula is C24H18ClF3N2O. The zero-order valence-corrected chi connectivity index (χ0v) is 17.3. The van der Waals surface area contributed by atoms with Gasteiger partial charge < -0.3 is 9.88 Å². The van der Waals surface area contributed by atoms with Gasteiger partial charge in [0.05, 0.1) is 16.1 Å². The Labute approximate surface area is 182 Å². The van der Waals surface area contributed by atoms with Crippen LogP contribution < -0.4 is 5.32 Å². The quantitative estimate of drug-likeness (QED) is 0.354. The number of benzene rings is 3. The fraction of sp³-hybridized carbons (Fsp3) is 0.125. The summed E-state index contributed by atoms with van der Waals surface area (Å²) in [4.78, 5) is 12.5. The van der Waals surface area contributed by atoms with Gasteiger partial charge in [-0.2, -0.15) is 13.2 Å². The van der Waals surface area contributed by atoms with Gasteiger partial charge in [-0.15, -0.1) is 0 Å². The second-order valence-corrected chi connectivity index (χ2v) is 7.46. The standard InChI is InChI=1S/C24H18ClF3N2O/c1-2-30-21-12-11-18(29-23(31)19-5-3-4-6-20(19)25)13-16(21)14-22(30)15-7-9-17(10-8-15)24(26,27)28/h3-14H,2H2,1H3,(H,29,31). The number of rotatable bonds is 4. The zero-order chi connectivity index (χ0) is 22.2. The summed E-state index contributed by atoms with van der Waals surface area (Å²) < 4.78 is 40.7. The summed E-state index contributed by atoms with van der Waals surface area (Å²) >= 11 is 6.10. The van der Waals surface area contributed by atoms with Crippen molar-refractivity contribution in [3.63, 3.8) is 0 Å². The Morgan fingerprint density at radius 3 is 2.35 bits per heavy atom. The Morgan fingerprint density at radius 1 is 1.00 bits per heavy atom. The summed E-state index contributed by atoms with van der Waals surface area (Å²) in [5.74, 6) is -0.317. The van der Waals surface area contributed by atoms with Gasteiger partial charge in [0.2, 0.25) is 0 Å². The van der Waals surface area contributed by atoms with Gasteiger partial charge in [-0.1, -0.05) is 35.9 Å². The molecular weight excluding hydrogens is 425 g/mol. The minimum absolute atomic E-state index is 0.317. The highest BCUT2D eigenvalue weighted by Gasteiger charge is 2.30. The fourth-order valence-corrected chi connectivity index (χ4v) is 3.82. The molecule has 4 rings (SSSR count). The number of fused-ring (bicyclic) bond motifs is 1. The number of aromatic nitrogens is 1. The van der Waals surface area contributed by atoms with Crippen molar-refractivity contribution in [2.75, 3.05) is 5.32 Å². The summed E-state index contributed by atoms with van der Waals surface area (Å²) in [6.45, 7) is 2.62. The lowest BCUT2D eigenvalue weighted by Gasteiger charge is -2.11. The molecule has 3 aromatic carbocycles. The van der Waals surface area contributed by atoms with E-state index in [1.165, 1.54) is 12.1 Å². The number of hydrogen-bond donors (Lipinski definition) is 1. The Balaban J connectivity index is 1.68. The second kappa shape index (κ2) is 8.12. The summed E-state index contributed by atoms with van der Waals surface area (Å²) in [5.41, 5.74) is 2.71. The molecule has 0 aliphatic heterocycles. The molecule has 0 atom stereocenters. The Hall–Kier alpha value is -3.25. The lowest BCUT2D eigenvalue weighted by Crippen LogP contribution is -2.12. The van der Waals surface area contributed by atoms with Crippen LogP contribution in [-0.4, -0.2) is 10.5 Å². The summed E-state index contributed by atoms with van der Waals surface area (Å²) in [6, 6.07) is 19.3. The minimum Gasteiger partial charge on any atom is -0.341 e. The normalized spacial score (nSPS) is 11.6. The number of carbonyl (C=O) groups excluding carboxylic acids is 1. The van der Waals surface area contributed by atoms with Crippen molar-refractivity contribution < 1.29 is 18.0 Å². The molecule has 0 radical (unpaired) electrons. The highest BCUT2D eigenvalue weighted by atomic mass is 35.5. The third kappa shape index (κ3) is 4.16. The minimum atomic E-state index is -4.37. The summed E-state index contributed by atoms with van der Waals surface area (Å²) in [5, 5.41) is 4.08. The molecule has 0 saturated carbocycles. The molecule has 0 aliphatic rings. The molecule has 1 heterocycles. The van der Waals surface area contributed by atoms with E-state index in [1.807, 2.05) is 29.7 Å². The van der Waals surface area contributed by atoms with E-state index >= 15 is 0 Å². The third-order valence-electron chi connectivity index (χ3n) is 5.10. The van der Waals surface area contributed by atoms with E-state index in [9.17, 15) is 18.0 Å². The third-order valence-corrected chi connectivity index (χ3v) is 5.43. The number of aryl methyl sites for hydroxylation is 1.